The molecule has 5 heteroatoms. The number of hydrogen-bond acceptors (Lipinski definition) is 3. The molecule has 1 atom stereocenters. The fourth-order valence-electron chi connectivity index (χ4n) is 4.18. The molecule has 3 aromatic carbocycles. The summed E-state index contributed by atoms with van der Waals surface area (Å²) in [5.74, 6) is 1.22. The van der Waals surface area contributed by atoms with Crippen LogP contribution in [0.15, 0.2) is 72.8 Å². The molecule has 0 aliphatic carbocycles. The Labute approximate surface area is 181 Å². The van der Waals surface area contributed by atoms with E-state index in [0.29, 0.717) is 12.3 Å². The van der Waals surface area contributed by atoms with Crippen molar-refractivity contribution in [3.8, 4) is 0 Å². The average molecular weight is 412 g/mol. The fraction of sp³-hybridized carbons (Fsp3) is 0.231. The molecule has 4 aromatic rings. The Bertz CT molecular complexity index is 1230. The minimum Gasteiger partial charge on any atom is -0.444 e. The molecule has 31 heavy (non-hydrogen) atoms. The zero-order chi connectivity index (χ0) is 21.4. The van der Waals surface area contributed by atoms with Crippen LogP contribution < -0.4 is 4.90 Å². The summed E-state index contributed by atoms with van der Waals surface area (Å²) in [5.41, 5.74) is 6.13. The number of benzene rings is 3. The Morgan fingerprint density at radius 2 is 1.87 bits per heavy atom. The van der Waals surface area contributed by atoms with Crippen LogP contribution in [-0.4, -0.2) is 16.1 Å². The molecule has 156 valence electrons. The summed E-state index contributed by atoms with van der Waals surface area (Å²) in [7, 11) is 0. The van der Waals surface area contributed by atoms with Crippen molar-refractivity contribution in [1.29, 1.82) is 0 Å². The van der Waals surface area contributed by atoms with Crippen molar-refractivity contribution in [1.82, 2.24) is 9.97 Å². The smallest absolute Gasteiger partial charge is 0.415 e. The highest BCUT2D eigenvalue weighted by atomic mass is 16.6. The average Bonchev–Trinajstić information content (AvgIpc) is 3.39. The SMILES string of the molecule is CC(C)c1ccc2nc(C3Cc4ccccc4N3C(=O)OCc3ccccc3)[nH]c2c1. The van der Waals surface area contributed by atoms with Crippen LogP contribution in [0.25, 0.3) is 11.0 Å². The lowest BCUT2D eigenvalue weighted by molar-refractivity contribution is 0.145. The van der Waals surface area contributed by atoms with Gasteiger partial charge in [0.1, 0.15) is 18.5 Å². The number of amides is 1. The highest BCUT2D eigenvalue weighted by molar-refractivity contribution is 5.91. The van der Waals surface area contributed by atoms with E-state index in [1.165, 1.54) is 5.56 Å². The van der Waals surface area contributed by atoms with Crippen molar-refractivity contribution in [2.75, 3.05) is 4.90 Å². The van der Waals surface area contributed by atoms with Crippen molar-refractivity contribution < 1.29 is 9.53 Å². The molecule has 1 aliphatic rings. The number of anilines is 1. The van der Waals surface area contributed by atoms with Gasteiger partial charge in [-0.15, -0.1) is 0 Å². The number of H-pyrrole nitrogens is 1. The Balaban J connectivity index is 1.47. The zero-order valence-electron chi connectivity index (χ0n) is 17.7. The van der Waals surface area contributed by atoms with E-state index in [2.05, 4.69) is 37.0 Å². The zero-order valence-corrected chi connectivity index (χ0v) is 17.7. The fourth-order valence-corrected chi connectivity index (χ4v) is 4.18. The third-order valence-electron chi connectivity index (χ3n) is 5.88. The third kappa shape index (κ3) is 3.67. The normalized spacial score (nSPS) is 15.5. The predicted octanol–water partition coefficient (Wildman–Crippen LogP) is 6.13. The molecular formula is C26H25N3O2. The van der Waals surface area contributed by atoms with Crippen LogP contribution in [0.2, 0.25) is 0 Å². The first-order chi connectivity index (χ1) is 15.1. The minimum absolute atomic E-state index is 0.226. The molecule has 1 N–H and O–H groups in total. The van der Waals surface area contributed by atoms with Crippen LogP contribution in [0, 0.1) is 0 Å². The van der Waals surface area contributed by atoms with Crippen LogP contribution in [-0.2, 0) is 17.8 Å². The second kappa shape index (κ2) is 7.91. The minimum atomic E-state index is -0.359. The highest BCUT2D eigenvalue weighted by Crippen LogP contribution is 2.40. The van der Waals surface area contributed by atoms with E-state index in [4.69, 9.17) is 9.72 Å². The molecule has 1 amide bonds. The number of nitrogens with zero attached hydrogens (tertiary/aromatic N) is 2. The predicted molar refractivity (Wildman–Crippen MR) is 122 cm³/mol. The van der Waals surface area contributed by atoms with Crippen molar-refractivity contribution >= 4 is 22.8 Å². The number of ether oxygens (including phenoxy) is 1. The lowest BCUT2D eigenvalue weighted by atomic mass is 10.0. The maximum Gasteiger partial charge on any atom is 0.415 e. The van der Waals surface area contributed by atoms with E-state index in [9.17, 15) is 4.79 Å². The van der Waals surface area contributed by atoms with Gasteiger partial charge in [-0.2, -0.15) is 0 Å². The van der Waals surface area contributed by atoms with Crippen LogP contribution >= 0.6 is 0 Å². The van der Waals surface area contributed by atoms with Gasteiger partial charge < -0.3 is 9.72 Å². The molecule has 0 bridgehead atoms. The topological polar surface area (TPSA) is 58.2 Å². The molecule has 0 saturated heterocycles. The Hall–Kier alpha value is -3.60. The van der Waals surface area contributed by atoms with Gasteiger partial charge in [0.25, 0.3) is 0 Å². The molecule has 0 saturated carbocycles. The van der Waals surface area contributed by atoms with Gasteiger partial charge >= 0.3 is 6.09 Å². The number of nitrogens with one attached hydrogen (secondary N) is 1. The third-order valence-corrected chi connectivity index (χ3v) is 5.88. The summed E-state index contributed by atoms with van der Waals surface area (Å²) in [4.78, 5) is 23.2. The molecule has 1 aromatic heterocycles. The molecule has 0 fully saturated rings. The standard InChI is InChI=1S/C26H25N3O2/c1-17(2)19-12-13-21-22(14-19)28-25(27-21)24-15-20-10-6-7-11-23(20)29(24)26(30)31-16-18-8-4-3-5-9-18/h3-14,17,24H,15-16H2,1-2H3,(H,27,28). The number of carbonyl (C=O) groups excluding carboxylic acids is 1. The number of carbonyl (C=O) groups is 1. The first-order valence-corrected chi connectivity index (χ1v) is 10.7. The summed E-state index contributed by atoms with van der Waals surface area (Å²) in [6.45, 7) is 4.59. The van der Waals surface area contributed by atoms with Crippen molar-refractivity contribution in [2.45, 2.75) is 38.8 Å². The van der Waals surface area contributed by atoms with E-state index < -0.39 is 0 Å². The first kappa shape index (κ1) is 19.4. The van der Waals surface area contributed by atoms with Gasteiger partial charge in [-0.3, -0.25) is 4.90 Å². The number of para-hydroxylation sites is 1. The number of aromatic amines is 1. The highest BCUT2D eigenvalue weighted by Gasteiger charge is 2.37. The lowest BCUT2D eigenvalue weighted by Crippen LogP contribution is -2.33. The van der Waals surface area contributed by atoms with Crippen molar-refractivity contribution in [2.24, 2.45) is 0 Å². The Morgan fingerprint density at radius 1 is 1.10 bits per heavy atom. The second-order valence-electron chi connectivity index (χ2n) is 8.31. The van der Waals surface area contributed by atoms with Crippen LogP contribution in [0.1, 0.15) is 48.3 Å². The van der Waals surface area contributed by atoms with Crippen molar-refractivity contribution in [3.05, 3.63) is 95.3 Å². The van der Waals surface area contributed by atoms with E-state index in [0.717, 1.165) is 33.7 Å². The van der Waals surface area contributed by atoms with Gasteiger partial charge in [-0.05, 0) is 40.8 Å². The number of rotatable bonds is 4. The molecule has 0 spiro atoms. The molecule has 0 radical (unpaired) electrons. The van der Waals surface area contributed by atoms with E-state index >= 15 is 0 Å². The van der Waals surface area contributed by atoms with Crippen LogP contribution in [0.5, 0.6) is 0 Å². The van der Waals surface area contributed by atoms with Gasteiger partial charge in [0.15, 0.2) is 0 Å². The number of hydrogen-bond donors (Lipinski definition) is 1. The number of aromatic nitrogens is 2. The molecular weight excluding hydrogens is 386 g/mol. The number of imidazole rings is 1. The van der Waals surface area contributed by atoms with E-state index in [-0.39, 0.29) is 18.7 Å². The van der Waals surface area contributed by atoms with Gasteiger partial charge in [0.2, 0.25) is 0 Å². The molecule has 5 nitrogen and oxygen atoms in total. The van der Waals surface area contributed by atoms with Gasteiger partial charge in [-0.25, -0.2) is 9.78 Å². The van der Waals surface area contributed by atoms with E-state index in [1.807, 2.05) is 54.6 Å². The van der Waals surface area contributed by atoms with Crippen LogP contribution in [0.3, 0.4) is 0 Å². The second-order valence-corrected chi connectivity index (χ2v) is 8.31. The monoisotopic (exact) mass is 411 g/mol. The number of fused-ring (bicyclic) bond motifs is 2. The van der Waals surface area contributed by atoms with Gasteiger partial charge in [0, 0.05) is 6.42 Å². The maximum atomic E-state index is 13.2. The summed E-state index contributed by atoms with van der Waals surface area (Å²) < 4.78 is 5.69. The molecule has 5 rings (SSSR count). The Kier molecular flexibility index (Phi) is 4.94. The summed E-state index contributed by atoms with van der Waals surface area (Å²) in [6, 6.07) is 23.8. The van der Waals surface area contributed by atoms with Gasteiger partial charge in [0.05, 0.1) is 16.7 Å². The quantitative estimate of drug-likeness (QED) is 0.440. The molecule has 2 heterocycles. The first-order valence-electron chi connectivity index (χ1n) is 10.7. The van der Waals surface area contributed by atoms with Gasteiger partial charge in [-0.1, -0.05) is 68.4 Å². The summed E-state index contributed by atoms with van der Waals surface area (Å²) in [6.07, 6.45) is 0.343. The maximum absolute atomic E-state index is 13.2. The van der Waals surface area contributed by atoms with Crippen LogP contribution in [0.4, 0.5) is 10.5 Å². The molecule has 1 aliphatic heterocycles. The van der Waals surface area contributed by atoms with Crippen molar-refractivity contribution in [3.63, 3.8) is 0 Å². The summed E-state index contributed by atoms with van der Waals surface area (Å²) in [5, 5.41) is 0. The summed E-state index contributed by atoms with van der Waals surface area (Å²) >= 11 is 0. The van der Waals surface area contributed by atoms with E-state index in [1.54, 1.807) is 4.90 Å². The largest absolute Gasteiger partial charge is 0.444 e. The molecule has 1 unspecified atom stereocenters. The lowest BCUT2D eigenvalue weighted by Gasteiger charge is -2.23. The Morgan fingerprint density at radius 3 is 2.68 bits per heavy atom.